The van der Waals surface area contributed by atoms with Crippen molar-refractivity contribution in [2.45, 2.75) is 0 Å². The monoisotopic (exact) mass is 292 g/mol. The van der Waals surface area contributed by atoms with E-state index < -0.39 is 0 Å². The molecular weight excluding hydrogens is 276 g/mol. The lowest BCUT2D eigenvalue weighted by Gasteiger charge is -2.21. The smallest absolute Gasteiger partial charge is 0.256 e. The van der Waals surface area contributed by atoms with Gasteiger partial charge in [-0.3, -0.25) is 9.78 Å². The van der Waals surface area contributed by atoms with Crippen LogP contribution in [-0.2, 0) is 4.74 Å². The molecule has 0 atom stereocenters. The Morgan fingerprint density at radius 1 is 1.30 bits per heavy atom. The highest BCUT2D eigenvalue weighted by Gasteiger charge is 2.17. The summed E-state index contributed by atoms with van der Waals surface area (Å²) in [6, 6.07) is 9.41. The number of hydrogen-bond donors (Lipinski definition) is 0. The van der Waals surface area contributed by atoms with Crippen molar-refractivity contribution in [1.29, 1.82) is 0 Å². The Bertz CT molecular complexity index is 584. The molecule has 0 saturated carbocycles. The molecule has 1 aromatic heterocycles. The number of hydrogen-bond acceptors (Lipinski definition) is 3. The standard InChI is InChI=1S/C15H17ClN2O2/c1-20-11-10-18(9-7-16)15(19)13-6-2-4-12-5-3-8-17-14(12)13/h2-6,8H,7,9-11H2,1H3. The van der Waals surface area contributed by atoms with E-state index in [9.17, 15) is 4.79 Å². The summed E-state index contributed by atoms with van der Waals surface area (Å²) >= 11 is 5.77. The van der Waals surface area contributed by atoms with Crippen LogP contribution in [0.3, 0.4) is 0 Å². The van der Waals surface area contributed by atoms with Gasteiger partial charge in [0.25, 0.3) is 5.91 Å². The number of halogens is 1. The first kappa shape index (κ1) is 14.8. The van der Waals surface area contributed by atoms with E-state index in [0.717, 1.165) is 10.9 Å². The number of para-hydroxylation sites is 1. The highest BCUT2D eigenvalue weighted by Crippen LogP contribution is 2.17. The summed E-state index contributed by atoms with van der Waals surface area (Å²) in [6.45, 7) is 1.50. The topological polar surface area (TPSA) is 42.4 Å². The van der Waals surface area contributed by atoms with Gasteiger partial charge in [0.1, 0.15) is 0 Å². The second-order valence-electron chi connectivity index (χ2n) is 4.35. The first-order valence-electron chi connectivity index (χ1n) is 6.46. The molecule has 1 aromatic carbocycles. The molecule has 0 radical (unpaired) electrons. The van der Waals surface area contributed by atoms with Gasteiger partial charge in [-0.1, -0.05) is 18.2 Å². The number of pyridine rings is 1. The zero-order valence-corrected chi connectivity index (χ0v) is 12.1. The van der Waals surface area contributed by atoms with Crippen LogP contribution >= 0.6 is 11.6 Å². The Morgan fingerprint density at radius 2 is 2.10 bits per heavy atom. The third-order valence-electron chi connectivity index (χ3n) is 3.07. The van der Waals surface area contributed by atoms with E-state index in [4.69, 9.17) is 16.3 Å². The summed E-state index contributed by atoms with van der Waals surface area (Å²) in [5, 5.41) is 0.955. The van der Waals surface area contributed by atoms with Crippen LogP contribution < -0.4 is 0 Å². The number of alkyl halides is 1. The third kappa shape index (κ3) is 3.26. The zero-order chi connectivity index (χ0) is 14.4. The van der Waals surface area contributed by atoms with Crippen LogP contribution in [-0.4, -0.2) is 48.5 Å². The van der Waals surface area contributed by atoms with Crippen LogP contribution in [0.2, 0.25) is 0 Å². The van der Waals surface area contributed by atoms with Gasteiger partial charge in [0.15, 0.2) is 0 Å². The van der Waals surface area contributed by atoms with Crippen molar-refractivity contribution in [1.82, 2.24) is 9.88 Å². The number of fused-ring (bicyclic) bond motifs is 1. The molecule has 2 aromatic rings. The van der Waals surface area contributed by atoms with Crippen molar-refractivity contribution in [3.8, 4) is 0 Å². The Labute approximate surface area is 123 Å². The SMILES string of the molecule is COCCN(CCCl)C(=O)c1cccc2cccnc12. The Balaban J connectivity index is 2.33. The van der Waals surface area contributed by atoms with Crippen molar-refractivity contribution in [2.75, 3.05) is 32.7 Å². The molecule has 0 saturated heterocycles. The molecule has 1 amide bonds. The van der Waals surface area contributed by atoms with E-state index in [0.29, 0.717) is 31.1 Å². The minimum absolute atomic E-state index is 0.0630. The normalized spacial score (nSPS) is 10.7. The lowest BCUT2D eigenvalue weighted by molar-refractivity contribution is 0.0709. The van der Waals surface area contributed by atoms with Gasteiger partial charge >= 0.3 is 0 Å². The molecule has 2 rings (SSSR count). The summed E-state index contributed by atoms with van der Waals surface area (Å²) in [5.74, 6) is 0.334. The molecule has 0 spiro atoms. The molecule has 0 aliphatic rings. The quantitative estimate of drug-likeness (QED) is 0.769. The maximum absolute atomic E-state index is 12.6. The predicted octanol–water partition coefficient (Wildman–Crippen LogP) is 2.56. The number of benzene rings is 1. The summed E-state index contributed by atoms with van der Waals surface area (Å²) < 4.78 is 5.04. The molecule has 0 N–H and O–H groups in total. The number of carbonyl (C=O) groups excluding carboxylic acids is 1. The van der Waals surface area contributed by atoms with Gasteiger partial charge in [-0.15, -0.1) is 11.6 Å². The number of carbonyl (C=O) groups is 1. The van der Waals surface area contributed by atoms with Crippen molar-refractivity contribution in [3.63, 3.8) is 0 Å². The van der Waals surface area contributed by atoms with E-state index in [1.165, 1.54) is 0 Å². The minimum atomic E-state index is -0.0630. The van der Waals surface area contributed by atoms with Gasteiger partial charge in [0.05, 0.1) is 17.7 Å². The lowest BCUT2D eigenvalue weighted by Crippen LogP contribution is -2.35. The van der Waals surface area contributed by atoms with E-state index in [-0.39, 0.29) is 5.91 Å². The molecule has 0 aliphatic heterocycles. The fourth-order valence-electron chi connectivity index (χ4n) is 2.07. The molecule has 0 fully saturated rings. The second-order valence-corrected chi connectivity index (χ2v) is 4.73. The van der Waals surface area contributed by atoms with Crippen LogP contribution in [0, 0.1) is 0 Å². The largest absolute Gasteiger partial charge is 0.383 e. The summed E-state index contributed by atoms with van der Waals surface area (Å²) in [7, 11) is 1.61. The van der Waals surface area contributed by atoms with Gasteiger partial charge in [-0.2, -0.15) is 0 Å². The van der Waals surface area contributed by atoms with Gasteiger partial charge in [-0.05, 0) is 12.1 Å². The van der Waals surface area contributed by atoms with E-state index in [2.05, 4.69) is 4.98 Å². The van der Waals surface area contributed by atoms with Crippen molar-refractivity contribution in [3.05, 3.63) is 42.1 Å². The van der Waals surface area contributed by atoms with Gasteiger partial charge in [0, 0.05) is 37.7 Å². The molecule has 4 nitrogen and oxygen atoms in total. The highest BCUT2D eigenvalue weighted by atomic mass is 35.5. The molecular formula is C15H17ClN2O2. The van der Waals surface area contributed by atoms with Crippen LogP contribution in [0.1, 0.15) is 10.4 Å². The zero-order valence-electron chi connectivity index (χ0n) is 11.4. The predicted molar refractivity (Wildman–Crippen MR) is 80.2 cm³/mol. The van der Waals surface area contributed by atoms with Crippen LogP contribution in [0.25, 0.3) is 10.9 Å². The van der Waals surface area contributed by atoms with Crippen molar-refractivity contribution in [2.24, 2.45) is 0 Å². The molecule has 1 heterocycles. The average molecular weight is 293 g/mol. The molecule has 106 valence electrons. The third-order valence-corrected chi connectivity index (χ3v) is 3.24. The van der Waals surface area contributed by atoms with Crippen LogP contribution in [0.15, 0.2) is 36.5 Å². The Kier molecular flexibility index (Phi) is 5.32. The first-order chi connectivity index (χ1) is 9.77. The molecule has 0 unspecified atom stereocenters. The van der Waals surface area contributed by atoms with Gasteiger partial charge in [-0.25, -0.2) is 0 Å². The van der Waals surface area contributed by atoms with Crippen molar-refractivity contribution >= 4 is 28.4 Å². The first-order valence-corrected chi connectivity index (χ1v) is 6.99. The fraction of sp³-hybridized carbons (Fsp3) is 0.333. The number of amides is 1. The number of methoxy groups -OCH3 is 1. The maximum Gasteiger partial charge on any atom is 0.256 e. The Hall–Kier alpha value is -1.65. The maximum atomic E-state index is 12.6. The number of ether oxygens (including phenoxy) is 1. The van der Waals surface area contributed by atoms with E-state index in [1.807, 2.05) is 24.3 Å². The summed E-state index contributed by atoms with van der Waals surface area (Å²) in [4.78, 5) is 18.6. The number of aromatic nitrogens is 1. The Morgan fingerprint density at radius 3 is 2.85 bits per heavy atom. The second kappa shape index (κ2) is 7.22. The summed E-state index contributed by atoms with van der Waals surface area (Å²) in [5.41, 5.74) is 1.32. The number of nitrogens with zero attached hydrogens (tertiary/aromatic N) is 2. The molecule has 20 heavy (non-hydrogen) atoms. The lowest BCUT2D eigenvalue weighted by atomic mass is 10.1. The number of rotatable bonds is 6. The van der Waals surface area contributed by atoms with Gasteiger partial charge in [0.2, 0.25) is 0 Å². The van der Waals surface area contributed by atoms with E-state index in [1.54, 1.807) is 24.3 Å². The molecule has 5 heteroatoms. The minimum Gasteiger partial charge on any atom is -0.383 e. The van der Waals surface area contributed by atoms with Crippen LogP contribution in [0.5, 0.6) is 0 Å². The van der Waals surface area contributed by atoms with Crippen molar-refractivity contribution < 1.29 is 9.53 Å². The van der Waals surface area contributed by atoms with Crippen LogP contribution in [0.4, 0.5) is 0 Å². The van der Waals surface area contributed by atoms with Gasteiger partial charge < -0.3 is 9.64 Å². The molecule has 0 aliphatic carbocycles. The fourth-order valence-corrected chi connectivity index (χ4v) is 2.27. The highest BCUT2D eigenvalue weighted by molar-refractivity contribution is 6.18. The molecule has 0 bridgehead atoms. The van der Waals surface area contributed by atoms with E-state index >= 15 is 0 Å². The average Bonchev–Trinajstić information content (AvgIpc) is 2.50. The summed E-state index contributed by atoms with van der Waals surface area (Å²) in [6.07, 6.45) is 1.69.